The maximum Gasteiger partial charge on any atom is 0.271 e. The number of carbonyl (C=O) groups is 2. The van der Waals surface area contributed by atoms with Gasteiger partial charge in [0, 0.05) is 16.8 Å². The van der Waals surface area contributed by atoms with Gasteiger partial charge in [0.05, 0.1) is 18.5 Å². The summed E-state index contributed by atoms with van der Waals surface area (Å²) in [6.45, 7) is 2.33. The minimum atomic E-state index is -1.15. The van der Waals surface area contributed by atoms with E-state index < -0.39 is 35.9 Å². The summed E-state index contributed by atoms with van der Waals surface area (Å²) >= 11 is 6.16. The van der Waals surface area contributed by atoms with Crippen molar-refractivity contribution in [1.82, 2.24) is 15.1 Å². The van der Waals surface area contributed by atoms with E-state index in [1.54, 1.807) is 18.2 Å². The minimum Gasteiger partial charge on any atom is -0.346 e. The monoisotopic (exact) mass is 407 g/mol. The average Bonchev–Trinajstić information content (AvgIpc) is 2.68. The van der Waals surface area contributed by atoms with Crippen molar-refractivity contribution in [3.05, 3.63) is 63.0 Å². The third-order valence-electron chi connectivity index (χ3n) is 4.46. The lowest BCUT2D eigenvalue weighted by atomic mass is 9.94. The van der Waals surface area contributed by atoms with E-state index in [4.69, 9.17) is 11.6 Å². The van der Waals surface area contributed by atoms with Crippen LogP contribution in [-0.4, -0.2) is 34.2 Å². The second-order valence-electron chi connectivity index (χ2n) is 6.51. The third kappa shape index (κ3) is 5.25. The quantitative estimate of drug-likeness (QED) is 0.693. The fourth-order valence-corrected chi connectivity index (χ4v) is 3.05. The Hall–Kier alpha value is -2.54. The highest BCUT2D eigenvalue weighted by molar-refractivity contribution is 6.31. The van der Waals surface area contributed by atoms with Gasteiger partial charge >= 0.3 is 0 Å². The molecule has 2 atom stereocenters. The lowest BCUT2D eigenvalue weighted by Gasteiger charge is -2.19. The molecule has 0 fully saturated rings. The molecule has 6 nitrogen and oxygen atoms in total. The van der Waals surface area contributed by atoms with Crippen molar-refractivity contribution in [2.24, 2.45) is 0 Å². The highest BCUT2D eigenvalue weighted by atomic mass is 35.5. The average molecular weight is 408 g/mol. The zero-order valence-electron chi connectivity index (χ0n) is 15.8. The Bertz CT molecular complexity index is 900. The molecule has 0 aliphatic heterocycles. The van der Waals surface area contributed by atoms with Crippen LogP contribution in [0.25, 0.3) is 0 Å². The first kappa shape index (κ1) is 21.8. The summed E-state index contributed by atoms with van der Waals surface area (Å²) in [7, 11) is 0. The normalized spacial score (nSPS) is 13.0. The molecule has 0 saturated carbocycles. The van der Waals surface area contributed by atoms with Gasteiger partial charge in [-0.3, -0.25) is 14.4 Å². The lowest BCUT2D eigenvalue weighted by molar-refractivity contribution is -0.128. The van der Waals surface area contributed by atoms with Crippen LogP contribution in [0.2, 0.25) is 5.02 Å². The lowest BCUT2D eigenvalue weighted by Crippen LogP contribution is -2.43. The van der Waals surface area contributed by atoms with Crippen LogP contribution >= 0.6 is 11.6 Å². The number of nitrogens with one attached hydrogen (secondary N) is 1. The Kier molecular flexibility index (Phi) is 7.87. The molecule has 1 aromatic heterocycles. The van der Waals surface area contributed by atoms with Gasteiger partial charge in [0.15, 0.2) is 5.78 Å². The number of amides is 1. The molecule has 0 saturated heterocycles. The van der Waals surface area contributed by atoms with Crippen LogP contribution in [0.5, 0.6) is 0 Å². The predicted octanol–water partition coefficient (Wildman–Crippen LogP) is 2.87. The van der Waals surface area contributed by atoms with Gasteiger partial charge in [0.25, 0.3) is 5.56 Å². The summed E-state index contributed by atoms with van der Waals surface area (Å²) in [6.07, 6.45) is 2.52. The summed E-state index contributed by atoms with van der Waals surface area (Å²) in [6, 6.07) is 7.68. The van der Waals surface area contributed by atoms with Gasteiger partial charge in [-0.15, -0.1) is 0 Å². The predicted molar refractivity (Wildman–Crippen MR) is 105 cm³/mol. The van der Waals surface area contributed by atoms with E-state index in [1.807, 2.05) is 13.0 Å². The van der Waals surface area contributed by atoms with Crippen molar-refractivity contribution >= 4 is 23.3 Å². The van der Waals surface area contributed by atoms with E-state index in [0.717, 1.165) is 5.56 Å². The largest absolute Gasteiger partial charge is 0.346 e. The van der Waals surface area contributed by atoms with Crippen LogP contribution < -0.4 is 10.9 Å². The molecule has 1 heterocycles. The van der Waals surface area contributed by atoms with Gasteiger partial charge in [-0.1, -0.05) is 43.1 Å². The fourth-order valence-electron chi connectivity index (χ4n) is 2.86. The number of Topliss-reactive ketones (excluding diaryl/α,β-unsaturated/α-hetero) is 1. The molecular weight excluding hydrogens is 385 g/mol. The molecule has 8 heteroatoms. The molecule has 2 rings (SSSR count). The van der Waals surface area contributed by atoms with Gasteiger partial charge in [-0.05, 0) is 31.0 Å². The second kappa shape index (κ2) is 10.1. The fraction of sp³-hybridized carbons (Fsp3) is 0.400. The minimum absolute atomic E-state index is 0.170. The number of hydrogen-bond acceptors (Lipinski definition) is 4. The highest BCUT2D eigenvalue weighted by Gasteiger charge is 2.26. The molecular formula is C20H23ClFN3O3. The highest BCUT2D eigenvalue weighted by Crippen LogP contribution is 2.19. The van der Waals surface area contributed by atoms with Crippen LogP contribution in [0.15, 0.2) is 41.3 Å². The third-order valence-corrected chi connectivity index (χ3v) is 4.83. The molecule has 0 bridgehead atoms. The Balaban J connectivity index is 2.32. The van der Waals surface area contributed by atoms with Crippen molar-refractivity contribution in [2.45, 2.75) is 45.2 Å². The Labute approximate surface area is 167 Å². The molecule has 1 aromatic carbocycles. The van der Waals surface area contributed by atoms with Gasteiger partial charge in [0.1, 0.15) is 6.67 Å². The van der Waals surface area contributed by atoms with Crippen LogP contribution in [0, 0.1) is 0 Å². The van der Waals surface area contributed by atoms with E-state index >= 15 is 0 Å². The number of hydrogen-bond donors (Lipinski definition) is 1. The van der Waals surface area contributed by atoms with E-state index in [9.17, 15) is 18.8 Å². The number of rotatable bonds is 9. The van der Waals surface area contributed by atoms with Crippen molar-refractivity contribution in [1.29, 1.82) is 0 Å². The molecule has 0 aliphatic rings. The smallest absolute Gasteiger partial charge is 0.271 e. The summed E-state index contributed by atoms with van der Waals surface area (Å²) in [5.74, 6) is -1.95. The zero-order chi connectivity index (χ0) is 20.7. The molecule has 0 radical (unpaired) electrons. The van der Waals surface area contributed by atoms with Crippen molar-refractivity contribution in [3.8, 4) is 0 Å². The first-order valence-electron chi connectivity index (χ1n) is 9.07. The van der Waals surface area contributed by atoms with E-state index in [2.05, 4.69) is 10.4 Å². The number of halogens is 2. The SMILES string of the molecule is CCCC(C(=O)NC(C)C(=O)CF)c1ccnn(Cc2ccccc2Cl)c1=O. The molecule has 1 amide bonds. The Morgan fingerprint density at radius 1 is 1.29 bits per heavy atom. The number of alkyl halides is 1. The van der Waals surface area contributed by atoms with E-state index in [0.29, 0.717) is 17.9 Å². The Morgan fingerprint density at radius 2 is 2.00 bits per heavy atom. The van der Waals surface area contributed by atoms with Crippen LogP contribution in [0.4, 0.5) is 4.39 Å². The molecule has 1 N–H and O–H groups in total. The number of nitrogens with zero attached hydrogens (tertiary/aromatic N) is 2. The van der Waals surface area contributed by atoms with Crippen molar-refractivity contribution in [3.63, 3.8) is 0 Å². The van der Waals surface area contributed by atoms with Crippen LogP contribution in [-0.2, 0) is 16.1 Å². The van der Waals surface area contributed by atoms with Gasteiger partial charge in [0.2, 0.25) is 5.91 Å². The molecule has 150 valence electrons. The van der Waals surface area contributed by atoms with Crippen molar-refractivity contribution < 1.29 is 14.0 Å². The molecule has 0 aliphatic carbocycles. The number of ketones is 1. The Morgan fingerprint density at radius 3 is 2.64 bits per heavy atom. The maximum atomic E-state index is 12.9. The first-order valence-corrected chi connectivity index (χ1v) is 9.45. The number of carbonyl (C=O) groups excluding carboxylic acids is 2. The second-order valence-corrected chi connectivity index (χ2v) is 6.92. The molecule has 28 heavy (non-hydrogen) atoms. The standard InChI is InChI=1S/C20H23ClFN3O3/c1-3-6-15(19(27)24-13(2)18(26)11-22)16-9-10-23-25(20(16)28)12-14-7-4-5-8-17(14)21/h4-5,7-10,13,15H,3,6,11-12H2,1-2H3,(H,24,27). The van der Waals surface area contributed by atoms with Gasteiger partial charge in [-0.2, -0.15) is 5.10 Å². The van der Waals surface area contributed by atoms with Crippen molar-refractivity contribution in [2.75, 3.05) is 6.67 Å². The van der Waals surface area contributed by atoms with E-state index in [1.165, 1.54) is 23.9 Å². The summed E-state index contributed by atoms with van der Waals surface area (Å²) in [4.78, 5) is 37.0. The summed E-state index contributed by atoms with van der Waals surface area (Å²) in [5.41, 5.74) is 0.608. The molecule has 2 unspecified atom stereocenters. The summed E-state index contributed by atoms with van der Waals surface area (Å²) in [5, 5.41) is 7.11. The number of aromatic nitrogens is 2. The van der Waals surface area contributed by atoms with E-state index in [-0.39, 0.29) is 12.1 Å². The van der Waals surface area contributed by atoms with Crippen LogP contribution in [0.1, 0.15) is 43.7 Å². The topological polar surface area (TPSA) is 81.1 Å². The molecule has 2 aromatic rings. The van der Waals surface area contributed by atoms with Crippen LogP contribution in [0.3, 0.4) is 0 Å². The maximum absolute atomic E-state index is 12.9. The number of benzene rings is 1. The first-order chi connectivity index (χ1) is 13.4. The summed E-state index contributed by atoms with van der Waals surface area (Å²) < 4.78 is 13.8. The van der Waals surface area contributed by atoms with Gasteiger partial charge < -0.3 is 5.32 Å². The zero-order valence-corrected chi connectivity index (χ0v) is 16.6. The van der Waals surface area contributed by atoms with Gasteiger partial charge in [-0.25, -0.2) is 9.07 Å². The molecule has 0 spiro atoms.